The molecule has 1 unspecified atom stereocenters. The Morgan fingerprint density at radius 3 is 2.41 bits per heavy atom. The van der Waals surface area contributed by atoms with E-state index in [1.807, 2.05) is 6.92 Å². The van der Waals surface area contributed by atoms with Gasteiger partial charge in [0.2, 0.25) is 0 Å². The average molecular weight is 245 g/mol. The van der Waals surface area contributed by atoms with Crippen LogP contribution in [0.1, 0.15) is 18.5 Å². The molecule has 1 N–H and O–H groups in total. The molecule has 0 bridgehead atoms. The van der Waals surface area contributed by atoms with E-state index in [4.69, 9.17) is 0 Å². The number of hydrogen-bond donors (Lipinski definition) is 1. The molecule has 0 fully saturated rings. The molecule has 0 saturated carbocycles. The van der Waals surface area contributed by atoms with E-state index in [-0.39, 0.29) is 11.8 Å². The molecule has 0 radical (unpaired) electrons. The van der Waals surface area contributed by atoms with Crippen LogP contribution in [0.3, 0.4) is 0 Å². The number of alkyl halides is 3. The lowest BCUT2D eigenvalue weighted by molar-refractivity contribution is -0.274. The highest BCUT2D eigenvalue weighted by atomic mass is 19.4. The zero-order valence-corrected chi connectivity index (χ0v) is 9.42. The zero-order chi connectivity index (χ0) is 12.9. The maximum absolute atomic E-state index is 11.9. The molecule has 17 heavy (non-hydrogen) atoms. The van der Waals surface area contributed by atoms with Crippen molar-refractivity contribution in [2.45, 2.75) is 19.3 Å². The molecule has 1 atom stereocenters. The number of halogens is 3. The smallest absolute Gasteiger partial charge is 0.406 e. The number of hydrogen-bond acceptors (Lipinski definition) is 2. The van der Waals surface area contributed by atoms with Gasteiger partial charge in [-0.15, -0.1) is 19.8 Å². The van der Waals surface area contributed by atoms with E-state index in [0.29, 0.717) is 6.54 Å². The van der Waals surface area contributed by atoms with Crippen molar-refractivity contribution in [2.24, 2.45) is 0 Å². The van der Waals surface area contributed by atoms with E-state index < -0.39 is 6.36 Å². The Balaban J connectivity index is 2.64. The summed E-state index contributed by atoms with van der Waals surface area (Å²) in [4.78, 5) is 0. The van der Waals surface area contributed by atoms with E-state index in [1.165, 1.54) is 12.1 Å². The quantitative estimate of drug-likeness (QED) is 0.802. The fraction of sp³-hybridized carbons (Fsp3) is 0.333. The largest absolute Gasteiger partial charge is 0.573 e. The molecule has 5 heteroatoms. The Kier molecular flexibility index (Phi) is 4.57. The third-order valence-electron chi connectivity index (χ3n) is 2.18. The molecule has 0 aromatic heterocycles. The van der Waals surface area contributed by atoms with Crippen LogP contribution in [0.4, 0.5) is 13.2 Å². The van der Waals surface area contributed by atoms with Crippen molar-refractivity contribution in [3.05, 3.63) is 42.5 Å². The van der Waals surface area contributed by atoms with Crippen LogP contribution in [-0.4, -0.2) is 12.9 Å². The Labute approximate surface area is 98.1 Å². The van der Waals surface area contributed by atoms with Crippen LogP contribution in [0, 0.1) is 0 Å². The van der Waals surface area contributed by atoms with Crippen LogP contribution >= 0.6 is 0 Å². The van der Waals surface area contributed by atoms with Crippen LogP contribution < -0.4 is 10.1 Å². The molecular weight excluding hydrogens is 231 g/mol. The van der Waals surface area contributed by atoms with E-state index in [1.54, 1.807) is 18.2 Å². The summed E-state index contributed by atoms with van der Waals surface area (Å²) in [5.74, 6) is -0.211. The van der Waals surface area contributed by atoms with Gasteiger partial charge in [-0.1, -0.05) is 18.2 Å². The molecule has 0 aliphatic rings. The first-order valence-corrected chi connectivity index (χ1v) is 5.12. The van der Waals surface area contributed by atoms with Crippen molar-refractivity contribution >= 4 is 0 Å². The molecule has 94 valence electrons. The zero-order valence-electron chi connectivity index (χ0n) is 9.42. The SMILES string of the molecule is C=CCNC(C)c1ccc(OC(F)(F)F)cc1. The molecule has 1 rings (SSSR count). The highest BCUT2D eigenvalue weighted by Gasteiger charge is 2.30. The second kappa shape index (κ2) is 5.72. The minimum Gasteiger partial charge on any atom is -0.406 e. The number of nitrogens with one attached hydrogen (secondary N) is 1. The fourth-order valence-electron chi connectivity index (χ4n) is 1.34. The van der Waals surface area contributed by atoms with Gasteiger partial charge >= 0.3 is 6.36 Å². The lowest BCUT2D eigenvalue weighted by Gasteiger charge is -2.14. The van der Waals surface area contributed by atoms with Gasteiger partial charge in [0.25, 0.3) is 0 Å². The second-order valence-corrected chi connectivity index (χ2v) is 3.54. The summed E-state index contributed by atoms with van der Waals surface area (Å²) in [5.41, 5.74) is 0.890. The van der Waals surface area contributed by atoms with Crippen molar-refractivity contribution in [1.82, 2.24) is 5.32 Å². The van der Waals surface area contributed by atoms with Crippen LogP contribution in [0.25, 0.3) is 0 Å². The van der Waals surface area contributed by atoms with Gasteiger partial charge < -0.3 is 10.1 Å². The first-order valence-electron chi connectivity index (χ1n) is 5.12. The van der Waals surface area contributed by atoms with Crippen molar-refractivity contribution < 1.29 is 17.9 Å². The molecule has 0 saturated heterocycles. The Bertz CT molecular complexity index is 359. The fourth-order valence-corrected chi connectivity index (χ4v) is 1.34. The van der Waals surface area contributed by atoms with Gasteiger partial charge in [-0.2, -0.15) is 0 Å². The van der Waals surface area contributed by atoms with Gasteiger partial charge in [0.05, 0.1) is 0 Å². The van der Waals surface area contributed by atoms with Crippen LogP contribution in [0.2, 0.25) is 0 Å². The van der Waals surface area contributed by atoms with Gasteiger partial charge in [0, 0.05) is 12.6 Å². The highest BCUT2D eigenvalue weighted by molar-refractivity contribution is 5.29. The third-order valence-corrected chi connectivity index (χ3v) is 2.18. The summed E-state index contributed by atoms with van der Waals surface area (Å²) in [6, 6.07) is 5.85. The minimum absolute atomic E-state index is 0.0490. The summed E-state index contributed by atoms with van der Waals surface area (Å²) in [6.07, 6.45) is -2.92. The first-order chi connectivity index (χ1) is 7.92. The van der Waals surface area contributed by atoms with Crippen molar-refractivity contribution in [1.29, 1.82) is 0 Å². The monoisotopic (exact) mass is 245 g/mol. The average Bonchev–Trinajstić information content (AvgIpc) is 2.24. The van der Waals surface area contributed by atoms with Crippen LogP contribution in [-0.2, 0) is 0 Å². The molecule has 0 aliphatic heterocycles. The predicted octanol–water partition coefficient (Wildman–Crippen LogP) is 3.42. The summed E-state index contributed by atoms with van der Waals surface area (Å²) in [7, 11) is 0. The lowest BCUT2D eigenvalue weighted by Crippen LogP contribution is -2.19. The maximum atomic E-state index is 11.9. The Morgan fingerprint density at radius 1 is 1.35 bits per heavy atom. The maximum Gasteiger partial charge on any atom is 0.573 e. The minimum atomic E-state index is -4.64. The van der Waals surface area contributed by atoms with Crippen LogP contribution in [0.15, 0.2) is 36.9 Å². The van der Waals surface area contributed by atoms with Crippen LogP contribution in [0.5, 0.6) is 5.75 Å². The van der Waals surface area contributed by atoms with Gasteiger partial charge in [0.15, 0.2) is 0 Å². The summed E-state index contributed by atoms with van der Waals surface area (Å²) in [6.45, 7) is 6.13. The number of benzene rings is 1. The van der Waals surface area contributed by atoms with E-state index >= 15 is 0 Å². The molecule has 0 spiro atoms. The Morgan fingerprint density at radius 2 is 1.94 bits per heavy atom. The molecular formula is C12H14F3NO. The van der Waals surface area contributed by atoms with Gasteiger partial charge in [-0.3, -0.25) is 0 Å². The van der Waals surface area contributed by atoms with Crippen molar-refractivity contribution in [2.75, 3.05) is 6.54 Å². The number of rotatable bonds is 5. The summed E-state index contributed by atoms with van der Waals surface area (Å²) >= 11 is 0. The number of ether oxygens (including phenoxy) is 1. The molecule has 0 heterocycles. The predicted molar refractivity (Wildman–Crippen MR) is 59.7 cm³/mol. The van der Waals surface area contributed by atoms with Gasteiger partial charge in [-0.05, 0) is 24.6 Å². The molecule has 2 nitrogen and oxygen atoms in total. The molecule has 1 aromatic carbocycles. The third kappa shape index (κ3) is 4.91. The topological polar surface area (TPSA) is 21.3 Å². The van der Waals surface area contributed by atoms with Crippen molar-refractivity contribution in [3.8, 4) is 5.75 Å². The summed E-state index contributed by atoms with van der Waals surface area (Å²) in [5, 5.41) is 3.14. The van der Waals surface area contributed by atoms with Crippen molar-refractivity contribution in [3.63, 3.8) is 0 Å². The first kappa shape index (κ1) is 13.6. The molecule has 0 aliphatic carbocycles. The van der Waals surface area contributed by atoms with E-state index in [2.05, 4.69) is 16.6 Å². The second-order valence-electron chi connectivity index (χ2n) is 3.54. The molecule has 0 amide bonds. The highest BCUT2D eigenvalue weighted by Crippen LogP contribution is 2.24. The van der Waals surface area contributed by atoms with E-state index in [9.17, 15) is 13.2 Å². The Hall–Kier alpha value is -1.49. The standard InChI is InChI=1S/C12H14F3NO/c1-3-8-16-9(2)10-4-6-11(7-5-10)17-12(13,14)15/h3-7,9,16H,1,8H2,2H3. The van der Waals surface area contributed by atoms with E-state index in [0.717, 1.165) is 5.56 Å². The van der Waals surface area contributed by atoms with Gasteiger partial charge in [-0.25, -0.2) is 0 Å². The molecule has 1 aromatic rings. The lowest BCUT2D eigenvalue weighted by atomic mass is 10.1. The summed E-state index contributed by atoms with van der Waals surface area (Å²) < 4.78 is 39.5. The van der Waals surface area contributed by atoms with Gasteiger partial charge in [0.1, 0.15) is 5.75 Å². The normalized spacial score (nSPS) is 13.2.